The van der Waals surface area contributed by atoms with Gasteiger partial charge in [0.05, 0.1) is 0 Å². The third-order valence-corrected chi connectivity index (χ3v) is 3.26. The van der Waals surface area contributed by atoms with E-state index in [1.54, 1.807) is 0 Å². The van der Waals surface area contributed by atoms with Crippen LogP contribution in [-0.2, 0) is 6.54 Å². The molecule has 0 spiro atoms. The van der Waals surface area contributed by atoms with Crippen LogP contribution in [0.2, 0.25) is 0 Å². The van der Waals surface area contributed by atoms with Crippen molar-refractivity contribution in [3.63, 3.8) is 0 Å². The molecule has 1 aliphatic rings. The van der Waals surface area contributed by atoms with E-state index in [0.29, 0.717) is 12.6 Å². The van der Waals surface area contributed by atoms with Crippen LogP contribution in [0, 0.1) is 5.92 Å². The quantitative estimate of drug-likeness (QED) is 0.764. The van der Waals surface area contributed by atoms with Crippen LogP contribution in [0.4, 0.5) is 0 Å². The number of hydrogen-bond donors (Lipinski definition) is 2. The number of rotatable bonds is 1. The van der Waals surface area contributed by atoms with Crippen molar-refractivity contribution in [3.05, 3.63) is 35.9 Å². The van der Waals surface area contributed by atoms with Crippen LogP contribution in [0.3, 0.4) is 0 Å². The molecule has 4 N–H and O–H groups in total. The van der Waals surface area contributed by atoms with Gasteiger partial charge in [-0.2, -0.15) is 0 Å². The summed E-state index contributed by atoms with van der Waals surface area (Å²) in [5, 5.41) is 0. The van der Waals surface area contributed by atoms with Crippen molar-refractivity contribution < 1.29 is 0 Å². The molecule has 0 heterocycles. The normalized spacial score (nSPS) is 24.4. The second kappa shape index (κ2) is 7.42. The largest absolute Gasteiger partial charge is 0.327 e. The van der Waals surface area contributed by atoms with Gasteiger partial charge in [0.15, 0.2) is 0 Å². The number of hydrogen-bond acceptors (Lipinski definition) is 2. The average Bonchev–Trinajstić information content (AvgIpc) is 2.35. The van der Waals surface area contributed by atoms with Gasteiger partial charge in [-0.3, -0.25) is 0 Å². The van der Waals surface area contributed by atoms with Crippen molar-refractivity contribution in [2.24, 2.45) is 17.4 Å². The highest BCUT2D eigenvalue weighted by atomic mass is 14.6. The predicted molar refractivity (Wildman–Crippen MR) is 69.9 cm³/mol. The smallest absolute Gasteiger partial charge is 0.0178 e. The summed E-state index contributed by atoms with van der Waals surface area (Å²) in [6.07, 6.45) is 5.35. The van der Waals surface area contributed by atoms with Crippen molar-refractivity contribution in [1.82, 2.24) is 0 Å². The van der Waals surface area contributed by atoms with Gasteiger partial charge in [-0.25, -0.2) is 0 Å². The van der Waals surface area contributed by atoms with Gasteiger partial charge in [-0.05, 0) is 24.3 Å². The fourth-order valence-corrected chi connectivity index (χ4v) is 1.96. The van der Waals surface area contributed by atoms with Crippen LogP contribution in [0.25, 0.3) is 0 Å². The molecular weight excluding hydrogens is 196 g/mol. The third kappa shape index (κ3) is 4.77. The maximum absolute atomic E-state index is 5.78. The van der Waals surface area contributed by atoms with Gasteiger partial charge in [0.1, 0.15) is 0 Å². The molecule has 1 saturated carbocycles. The lowest BCUT2D eigenvalue weighted by Crippen LogP contribution is -2.30. The average molecular weight is 220 g/mol. The lowest BCUT2D eigenvalue weighted by molar-refractivity contribution is 0.331. The summed E-state index contributed by atoms with van der Waals surface area (Å²) in [7, 11) is 0. The molecule has 2 rings (SSSR count). The molecule has 1 fully saturated rings. The van der Waals surface area contributed by atoms with E-state index in [2.05, 4.69) is 6.92 Å². The maximum Gasteiger partial charge on any atom is 0.0178 e. The Hall–Kier alpha value is -0.860. The number of nitrogens with two attached hydrogens (primary N) is 2. The molecule has 2 atom stereocenters. The molecule has 0 radical (unpaired) electrons. The molecule has 2 heteroatoms. The fourth-order valence-electron chi connectivity index (χ4n) is 1.96. The van der Waals surface area contributed by atoms with E-state index < -0.39 is 0 Å². The van der Waals surface area contributed by atoms with E-state index in [1.165, 1.54) is 31.2 Å². The van der Waals surface area contributed by atoms with E-state index in [4.69, 9.17) is 11.5 Å². The molecule has 1 aliphatic carbocycles. The molecule has 1 aromatic rings. The molecule has 90 valence electrons. The Balaban J connectivity index is 0.000000160. The van der Waals surface area contributed by atoms with Crippen molar-refractivity contribution >= 4 is 0 Å². The van der Waals surface area contributed by atoms with Gasteiger partial charge in [0, 0.05) is 12.6 Å². The monoisotopic (exact) mass is 220 g/mol. The second-order valence-corrected chi connectivity index (χ2v) is 4.62. The predicted octanol–water partition coefficient (Wildman–Crippen LogP) is 2.67. The van der Waals surface area contributed by atoms with E-state index in [-0.39, 0.29) is 0 Å². The van der Waals surface area contributed by atoms with E-state index in [1.807, 2.05) is 30.3 Å². The van der Waals surface area contributed by atoms with Gasteiger partial charge in [-0.15, -0.1) is 0 Å². The summed E-state index contributed by atoms with van der Waals surface area (Å²) in [4.78, 5) is 0. The summed E-state index contributed by atoms with van der Waals surface area (Å²) in [5.74, 6) is 0.781. The first-order valence-corrected chi connectivity index (χ1v) is 6.23. The van der Waals surface area contributed by atoms with Crippen molar-refractivity contribution in [2.75, 3.05) is 0 Å². The topological polar surface area (TPSA) is 52.0 Å². The van der Waals surface area contributed by atoms with Crippen LogP contribution in [0.15, 0.2) is 30.3 Å². The zero-order valence-corrected chi connectivity index (χ0v) is 10.2. The zero-order chi connectivity index (χ0) is 11.8. The lowest BCUT2D eigenvalue weighted by atomic mass is 9.87. The molecule has 0 saturated heterocycles. The molecule has 2 nitrogen and oxygen atoms in total. The molecule has 2 unspecified atom stereocenters. The Morgan fingerprint density at radius 3 is 2.12 bits per heavy atom. The van der Waals surface area contributed by atoms with Crippen LogP contribution in [0.1, 0.15) is 38.2 Å². The summed E-state index contributed by atoms with van der Waals surface area (Å²) in [6, 6.07) is 10.5. The van der Waals surface area contributed by atoms with E-state index in [9.17, 15) is 0 Å². The molecule has 0 aliphatic heterocycles. The van der Waals surface area contributed by atoms with Gasteiger partial charge in [0.2, 0.25) is 0 Å². The van der Waals surface area contributed by atoms with E-state index in [0.717, 1.165) is 5.92 Å². The SMILES string of the molecule is CC1CCCCC1N.NCc1ccccc1. The lowest BCUT2D eigenvalue weighted by Gasteiger charge is -2.24. The van der Waals surface area contributed by atoms with Gasteiger partial charge in [0.25, 0.3) is 0 Å². The Morgan fingerprint density at radius 2 is 1.75 bits per heavy atom. The minimum Gasteiger partial charge on any atom is -0.327 e. The minimum atomic E-state index is 0.503. The van der Waals surface area contributed by atoms with Crippen molar-refractivity contribution in [1.29, 1.82) is 0 Å². The van der Waals surface area contributed by atoms with Crippen LogP contribution >= 0.6 is 0 Å². The molecule has 0 aromatic heterocycles. The van der Waals surface area contributed by atoms with Gasteiger partial charge in [-0.1, -0.05) is 50.1 Å². The molecule has 16 heavy (non-hydrogen) atoms. The maximum atomic E-state index is 5.78. The summed E-state index contributed by atoms with van der Waals surface area (Å²) in [5.41, 5.74) is 12.3. The van der Waals surface area contributed by atoms with Crippen LogP contribution < -0.4 is 11.5 Å². The first kappa shape index (κ1) is 13.2. The molecular formula is C14H24N2. The highest BCUT2D eigenvalue weighted by molar-refractivity contribution is 5.13. The molecule has 0 bridgehead atoms. The standard InChI is InChI=1S/C7H15N.C7H9N/c1-6-4-2-3-5-7(6)8;8-6-7-4-2-1-3-5-7/h6-7H,2-5,8H2,1H3;1-5H,6,8H2. The Morgan fingerprint density at radius 1 is 1.12 bits per heavy atom. The Kier molecular flexibility index (Phi) is 6.12. The molecule has 1 aromatic carbocycles. The van der Waals surface area contributed by atoms with Crippen molar-refractivity contribution in [2.45, 2.75) is 45.2 Å². The zero-order valence-electron chi connectivity index (χ0n) is 10.2. The van der Waals surface area contributed by atoms with E-state index >= 15 is 0 Å². The summed E-state index contributed by atoms with van der Waals surface area (Å²) in [6.45, 7) is 2.89. The van der Waals surface area contributed by atoms with Gasteiger partial charge >= 0.3 is 0 Å². The first-order chi connectivity index (χ1) is 7.74. The highest BCUT2D eigenvalue weighted by Crippen LogP contribution is 2.21. The fraction of sp³-hybridized carbons (Fsp3) is 0.571. The third-order valence-electron chi connectivity index (χ3n) is 3.26. The molecule has 0 amide bonds. The Labute approximate surface area is 99.0 Å². The second-order valence-electron chi connectivity index (χ2n) is 4.62. The number of benzene rings is 1. The van der Waals surface area contributed by atoms with Crippen LogP contribution in [0.5, 0.6) is 0 Å². The summed E-state index contributed by atoms with van der Waals surface area (Å²) >= 11 is 0. The van der Waals surface area contributed by atoms with Crippen LogP contribution in [-0.4, -0.2) is 6.04 Å². The first-order valence-electron chi connectivity index (χ1n) is 6.23. The van der Waals surface area contributed by atoms with Gasteiger partial charge < -0.3 is 11.5 Å². The van der Waals surface area contributed by atoms with Crippen molar-refractivity contribution in [3.8, 4) is 0 Å². The Bertz CT molecular complexity index is 261. The minimum absolute atomic E-state index is 0.503. The highest BCUT2D eigenvalue weighted by Gasteiger charge is 2.15. The summed E-state index contributed by atoms with van der Waals surface area (Å²) < 4.78 is 0.